The number of benzene rings is 1. The topological polar surface area (TPSA) is 70.3 Å². The first-order chi connectivity index (χ1) is 7.69. The average molecular weight is 219 g/mol. The summed E-state index contributed by atoms with van der Waals surface area (Å²) in [5.74, 6) is -0.538. The number of hydrogen-bond acceptors (Lipinski definition) is 4. The Kier molecular flexibility index (Phi) is 4.03. The molecule has 4 heteroatoms. The van der Waals surface area contributed by atoms with Crippen molar-refractivity contribution in [1.29, 1.82) is 5.26 Å². The van der Waals surface area contributed by atoms with Crippen LogP contribution in [0.4, 0.5) is 0 Å². The fraction of sp³-hybridized carbons (Fsp3) is 0.333. The van der Waals surface area contributed by atoms with Gasteiger partial charge in [0.15, 0.2) is 0 Å². The van der Waals surface area contributed by atoms with Gasteiger partial charge in [-0.15, -0.1) is 0 Å². The van der Waals surface area contributed by atoms with E-state index in [1.165, 1.54) is 13.2 Å². The smallest absolute Gasteiger partial charge is 0.339 e. The first-order valence-corrected chi connectivity index (χ1v) is 4.93. The highest BCUT2D eigenvalue weighted by Gasteiger charge is 2.18. The van der Waals surface area contributed by atoms with Gasteiger partial charge in [0.05, 0.1) is 24.8 Å². The molecule has 1 N–H and O–H groups in total. The van der Waals surface area contributed by atoms with Crippen molar-refractivity contribution in [3.63, 3.8) is 0 Å². The molecule has 84 valence electrons. The minimum atomic E-state index is -0.538. The monoisotopic (exact) mass is 219 g/mol. The van der Waals surface area contributed by atoms with Crippen LogP contribution < -0.4 is 0 Å². The summed E-state index contributed by atoms with van der Waals surface area (Å²) >= 11 is 0. The number of esters is 1. The lowest BCUT2D eigenvalue weighted by Gasteiger charge is -2.11. The van der Waals surface area contributed by atoms with Gasteiger partial charge >= 0.3 is 5.97 Å². The van der Waals surface area contributed by atoms with E-state index in [-0.39, 0.29) is 17.7 Å². The molecule has 0 aliphatic heterocycles. The van der Waals surface area contributed by atoms with E-state index < -0.39 is 5.97 Å². The highest BCUT2D eigenvalue weighted by atomic mass is 16.5. The quantitative estimate of drug-likeness (QED) is 0.780. The van der Waals surface area contributed by atoms with Crippen molar-refractivity contribution in [2.24, 2.45) is 0 Å². The zero-order valence-electron chi connectivity index (χ0n) is 9.28. The summed E-state index contributed by atoms with van der Waals surface area (Å²) in [5.41, 5.74) is 1.87. The Morgan fingerprint density at radius 1 is 1.56 bits per heavy atom. The molecule has 0 saturated heterocycles. The molecular weight excluding hydrogens is 206 g/mol. The fourth-order valence-electron chi connectivity index (χ4n) is 1.67. The van der Waals surface area contributed by atoms with Crippen LogP contribution in [-0.2, 0) is 17.8 Å². The number of aliphatic hydroxyl groups excluding tert-OH is 1. The number of nitrogens with zero attached hydrogens (tertiary/aromatic N) is 1. The van der Waals surface area contributed by atoms with Crippen molar-refractivity contribution in [3.8, 4) is 6.07 Å². The summed E-state index contributed by atoms with van der Waals surface area (Å²) in [6.45, 7) is 1.71. The van der Waals surface area contributed by atoms with Gasteiger partial charge in [0.1, 0.15) is 6.07 Å². The molecule has 0 heterocycles. The highest BCUT2D eigenvalue weighted by Crippen LogP contribution is 2.21. The molecule has 0 fully saturated rings. The van der Waals surface area contributed by atoms with Crippen LogP contribution in [0, 0.1) is 11.3 Å². The number of carbonyl (C=O) groups is 1. The molecule has 0 aliphatic carbocycles. The largest absolute Gasteiger partial charge is 0.465 e. The lowest BCUT2D eigenvalue weighted by Crippen LogP contribution is -2.10. The first kappa shape index (κ1) is 12.2. The van der Waals surface area contributed by atoms with E-state index in [4.69, 9.17) is 10.4 Å². The SMILES string of the molecule is CCc1c(CO)ccc(C#N)c1C(=O)OC. The van der Waals surface area contributed by atoms with Crippen molar-refractivity contribution in [1.82, 2.24) is 0 Å². The second kappa shape index (κ2) is 5.29. The van der Waals surface area contributed by atoms with Gasteiger partial charge in [-0.05, 0) is 23.6 Å². The van der Waals surface area contributed by atoms with Gasteiger partial charge < -0.3 is 9.84 Å². The average Bonchev–Trinajstić information content (AvgIpc) is 2.35. The second-order valence-corrected chi connectivity index (χ2v) is 3.24. The summed E-state index contributed by atoms with van der Waals surface area (Å²) in [6, 6.07) is 5.14. The van der Waals surface area contributed by atoms with E-state index in [1.807, 2.05) is 13.0 Å². The molecule has 0 atom stereocenters. The first-order valence-electron chi connectivity index (χ1n) is 4.93. The standard InChI is InChI=1S/C12H13NO3/c1-3-10-9(7-14)5-4-8(6-13)11(10)12(15)16-2/h4-5,14H,3,7H2,1-2H3. The number of methoxy groups -OCH3 is 1. The zero-order chi connectivity index (χ0) is 12.1. The predicted octanol–water partition coefficient (Wildman–Crippen LogP) is 1.40. The van der Waals surface area contributed by atoms with Crippen LogP contribution in [0.25, 0.3) is 0 Å². The van der Waals surface area contributed by atoms with Gasteiger partial charge in [0, 0.05) is 0 Å². The minimum Gasteiger partial charge on any atom is -0.465 e. The number of hydrogen-bond donors (Lipinski definition) is 1. The van der Waals surface area contributed by atoms with E-state index in [1.54, 1.807) is 6.07 Å². The molecule has 0 aromatic heterocycles. The van der Waals surface area contributed by atoms with Crippen LogP contribution in [0.15, 0.2) is 12.1 Å². The normalized spacial score (nSPS) is 9.62. The van der Waals surface area contributed by atoms with Crippen molar-refractivity contribution < 1.29 is 14.6 Å². The Balaban J connectivity index is 3.50. The molecule has 1 aromatic carbocycles. The third-order valence-corrected chi connectivity index (χ3v) is 2.44. The molecule has 0 radical (unpaired) electrons. The highest BCUT2D eigenvalue weighted by molar-refractivity contribution is 5.94. The lowest BCUT2D eigenvalue weighted by molar-refractivity contribution is 0.0599. The van der Waals surface area contributed by atoms with Crippen molar-refractivity contribution in [2.45, 2.75) is 20.0 Å². The fourth-order valence-corrected chi connectivity index (χ4v) is 1.67. The number of aliphatic hydroxyl groups is 1. The molecule has 0 bridgehead atoms. The molecule has 0 spiro atoms. The molecule has 16 heavy (non-hydrogen) atoms. The summed E-state index contributed by atoms with van der Waals surface area (Å²) in [5, 5.41) is 18.1. The molecule has 0 amide bonds. The van der Waals surface area contributed by atoms with Crippen LogP contribution in [0.2, 0.25) is 0 Å². The van der Waals surface area contributed by atoms with E-state index in [0.29, 0.717) is 17.5 Å². The van der Waals surface area contributed by atoms with Crippen LogP contribution in [0.1, 0.15) is 34.0 Å². The Morgan fingerprint density at radius 2 is 2.25 bits per heavy atom. The van der Waals surface area contributed by atoms with Crippen molar-refractivity contribution in [3.05, 3.63) is 34.4 Å². The predicted molar refractivity (Wildman–Crippen MR) is 57.8 cm³/mol. The van der Waals surface area contributed by atoms with Gasteiger partial charge in [-0.1, -0.05) is 13.0 Å². The maximum atomic E-state index is 11.6. The number of rotatable bonds is 3. The van der Waals surface area contributed by atoms with Crippen molar-refractivity contribution in [2.75, 3.05) is 7.11 Å². The van der Waals surface area contributed by atoms with E-state index >= 15 is 0 Å². The van der Waals surface area contributed by atoms with Gasteiger partial charge in [-0.2, -0.15) is 5.26 Å². The summed E-state index contributed by atoms with van der Waals surface area (Å²) < 4.78 is 4.65. The Bertz CT molecular complexity index is 446. The summed E-state index contributed by atoms with van der Waals surface area (Å²) in [4.78, 5) is 11.6. The van der Waals surface area contributed by atoms with Crippen LogP contribution in [0.5, 0.6) is 0 Å². The Hall–Kier alpha value is -1.86. The minimum absolute atomic E-state index is 0.154. The molecular formula is C12H13NO3. The molecule has 0 saturated carbocycles. The molecule has 0 aliphatic rings. The zero-order valence-corrected chi connectivity index (χ0v) is 9.28. The third kappa shape index (κ3) is 2.05. The molecule has 4 nitrogen and oxygen atoms in total. The maximum Gasteiger partial charge on any atom is 0.339 e. The third-order valence-electron chi connectivity index (χ3n) is 2.44. The van der Waals surface area contributed by atoms with E-state index in [2.05, 4.69) is 4.74 Å². The number of carbonyl (C=O) groups excluding carboxylic acids is 1. The lowest BCUT2D eigenvalue weighted by atomic mass is 9.95. The van der Waals surface area contributed by atoms with Crippen LogP contribution in [-0.4, -0.2) is 18.2 Å². The van der Waals surface area contributed by atoms with Gasteiger partial charge in [0.2, 0.25) is 0 Å². The Morgan fingerprint density at radius 3 is 2.69 bits per heavy atom. The van der Waals surface area contributed by atoms with Gasteiger partial charge in [0.25, 0.3) is 0 Å². The van der Waals surface area contributed by atoms with Crippen LogP contribution in [0.3, 0.4) is 0 Å². The maximum absolute atomic E-state index is 11.6. The van der Waals surface area contributed by atoms with Gasteiger partial charge in [-0.25, -0.2) is 4.79 Å². The second-order valence-electron chi connectivity index (χ2n) is 3.24. The Labute approximate surface area is 94.1 Å². The summed E-state index contributed by atoms with van der Waals surface area (Å²) in [7, 11) is 1.27. The van der Waals surface area contributed by atoms with Crippen molar-refractivity contribution >= 4 is 5.97 Å². The van der Waals surface area contributed by atoms with Crippen LogP contribution >= 0.6 is 0 Å². The number of ether oxygens (including phenoxy) is 1. The molecule has 1 rings (SSSR count). The molecule has 1 aromatic rings. The van der Waals surface area contributed by atoms with E-state index in [9.17, 15) is 4.79 Å². The summed E-state index contributed by atoms with van der Waals surface area (Å²) in [6.07, 6.45) is 0.565. The van der Waals surface area contributed by atoms with Gasteiger partial charge in [-0.3, -0.25) is 0 Å². The van der Waals surface area contributed by atoms with E-state index in [0.717, 1.165) is 0 Å². The molecule has 0 unspecified atom stereocenters. The number of nitriles is 1.